The Hall–Kier alpha value is -0.770. The van der Waals surface area contributed by atoms with Crippen molar-refractivity contribution >= 4 is 34.8 Å². The quantitative estimate of drug-likeness (QED) is 0.584. The van der Waals surface area contributed by atoms with Crippen LogP contribution in [0.1, 0.15) is 32.1 Å². The molecule has 0 aliphatic heterocycles. The Labute approximate surface area is 149 Å². The lowest BCUT2D eigenvalue weighted by Gasteiger charge is -2.39. The van der Waals surface area contributed by atoms with Crippen molar-refractivity contribution in [3.8, 4) is 0 Å². The number of carbonyl (C=O) groups is 1. The van der Waals surface area contributed by atoms with Gasteiger partial charge in [-0.3, -0.25) is 4.79 Å². The molecule has 128 valence electrons. The van der Waals surface area contributed by atoms with Gasteiger partial charge in [-0.05, 0) is 51.9 Å². The largest absolute Gasteiger partial charge is 0.308 e. The molecule has 1 amide bonds. The molecule has 0 bridgehead atoms. The SMILES string of the molecule is CN(C)C1CCC(Cl)CCC1N(C(=O)CCCl)c1ccccc1. The number of rotatable bonds is 5. The van der Waals surface area contributed by atoms with Gasteiger partial charge in [0.2, 0.25) is 5.91 Å². The molecule has 0 aromatic heterocycles. The lowest BCUT2D eigenvalue weighted by atomic mass is 9.98. The van der Waals surface area contributed by atoms with Crippen molar-refractivity contribution in [2.45, 2.75) is 49.6 Å². The summed E-state index contributed by atoms with van der Waals surface area (Å²) in [6.07, 6.45) is 4.21. The Morgan fingerprint density at radius 3 is 2.26 bits per heavy atom. The molecule has 1 saturated carbocycles. The summed E-state index contributed by atoms with van der Waals surface area (Å²) in [7, 11) is 4.17. The zero-order valence-electron chi connectivity index (χ0n) is 13.9. The van der Waals surface area contributed by atoms with Crippen LogP contribution in [0.3, 0.4) is 0 Å². The van der Waals surface area contributed by atoms with Crippen LogP contribution in [0.25, 0.3) is 0 Å². The number of amides is 1. The number of benzene rings is 1. The van der Waals surface area contributed by atoms with Crippen molar-refractivity contribution in [2.75, 3.05) is 24.9 Å². The summed E-state index contributed by atoms with van der Waals surface area (Å²) in [5.74, 6) is 0.440. The predicted molar refractivity (Wildman–Crippen MR) is 98.6 cm³/mol. The number of para-hydroxylation sites is 1. The molecule has 0 radical (unpaired) electrons. The van der Waals surface area contributed by atoms with Gasteiger partial charge in [0.05, 0.1) is 6.04 Å². The van der Waals surface area contributed by atoms with E-state index in [0.717, 1.165) is 31.4 Å². The van der Waals surface area contributed by atoms with Crippen LogP contribution in [-0.4, -0.2) is 48.2 Å². The van der Waals surface area contributed by atoms with Crippen LogP contribution in [0, 0.1) is 0 Å². The van der Waals surface area contributed by atoms with Gasteiger partial charge in [0.25, 0.3) is 0 Å². The number of alkyl halides is 2. The maximum atomic E-state index is 12.8. The van der Waals surface area contributed by atoms with Crippen molar-refractivity contribution in [2.24, 2.45) is 0 Å². The Kier molecular flexibility index (Phi) is 7.19. The summed E-state index contributed by atoms with van der Waals surface area (Å²) < 4.78 is 0. The molecule has 0 heterocycles. The van der Waals surface area contributed by atoms with Crippen LogP contribution in [0.5, 0.6) is 0 Å². The first-order chi connectivity index (χ1) is 11.0. The van der Waals surface area contributed by atoms with Gasteiger partial charge in [0.1, 0.15) is 0 Å². The average molecular weight is 357 g/mol. The molecule has 1 aromatic rings. The third-order valence-corrected chi connectivity index (χ3v) is 5.23. The highest BCUT2D eigenvalue weighted by Crippen LogP contribution is 2.31. The van der Waals surface area contributed by atoms with E-state index in [0.29, 0.717) is 18.3 Å². The van der Waals surface area contributed by atoms with Gasteiger partial charge in [-0.2, -0.15) is 0 Å². The van der Waals surface area contributed by atoms with Crippen molar-refractivity contribution in [3.63, 3.8) is 0 Å². The third-order valence-electron chi connectivity index (χ3n) is 4.60. The molecule has 0 saturated heterocycles. The van der Waals surface area contributed by atoms with Gasteiger partial charge in [0.15, 0.2) is 0 Å². The zero-order valence-corrected chi connectivity index (χ0v) is 15.4. The van der Waals surface area contributed by atoms with E-state index in [9.17, 15) is 4.79 Å². The van der Waals surface area contributed by atoms with Crippen LogP contribution < -0.4 is 4.90 Å². The highest BCUT2D eigenvalue weighted by Gasteiger charge is 2.35. The molecule has 1 aliphatic rings. The van der Waals surface area contributed by atoms with Gasteiger partial charge in [-0.25, -0.2) is 0 Å². The fourth-order valence-corrected chi connectivity index (χ4v) is 3.86. The minimum Gasteiger partial charge on any atom is -0.308 e. The second-order valence-electron chi connectivity index (χ2n) is 6.39. The van der Waals surface area contributed by atoms with Crippen molar-refractivity contribution in [1.29, 1.82) is 0 Å². The molecule has 3 atom stereocenters. The number of nitrogens with zero attached hydrogens (tertiary/aromatic N) is 2. The number of hydrogen-bond donors (Lipinski definition) is 0. The van der Waals surface area contributed by atoms with E-state index >= 15 is 0 Å². The first-order valence-electron chi connectivity index (χ1n) is 8.28. The molecule has 3 unspecified atom stereocenters. The number of anilines is 1. The van der Waals surface area contributed by atoms with Crippen LogP contribution in [0.2, 0.25) is 0 Å². The maximum Gasteiger partial charge on any atom is 0.228 e. The van der Waals surface area contributed by atoms with Gasteiger partial charge >= 0.3 is 0 Å². The highest BCUT2D eigenvalue weighted by molar-refractivity contribution is 6.20. The van der Waals surface area contributed by atoms with Crippen LogP contribution in [0.4, 0.5) is 5.69 Å². The van der Waals surface area contributed by atoms with E-state index in [4.69, 9.17) is 23.2 Å². The molecular weight excluding hydrogens is 331 g/mol. The lowest BCUT2D eigenvalue weighted by Crippen LogP contribution is -2.52. The summed E-state index contributed by atoms with van der Waals surface area (Å²) in [4.78, 5) is 17.0. The lowest BCUT2D eigenvalue weighted by molar-refractivity contribution is -0.119. The molecule has 0 spiro atoms. The minimum absolute atomic E-state index is 0.0936. The van der Waals surface area contributed by atoms with E-state index < -0.39 is 0 Å². The standard InChI is InChI=1S/C18H26Cl2N2O/c1-21(2)16-10-8-14(20)9-11-17(16)22(18(23)12-13-19)15-6-4-3-5-7-15/h3-7,14,16-17H,8-13H2,1-2H3. The second-order valence-corrected chi connectivity index (χ2v) is 7.38. The molecule has 23 heavy (non-hydrogen) atoms. The number of likely N-dealkylation sites (N-methyl/N-ethyl adjacent to an activating group) is 1. The molecule has 1 aromatic carbocycles. The molecule has 3 nitrogen and oxygen atoms in total. The van der Waals surface area contributed by atoms with Crippen molar-refractivity contribution in [3.05, 3.63) is 30.3 Å². The molecular formula is C18H26Cl2N2O. The summed E-state index contributed by atoms with van der Waals surface area (Å²) >= 11 is 12.2. The predicted octanol–water partition coefficient (Wildman–Crippen LogP) is 4.13. The molecule has 5 heteroatoms. The topological polar surface area (TPSA) is 23.6 Å². The fourth-order valence-electron chi connectivity index (χ4n) is 3.45. The fraction of sp³-hybridized carbons (Fsp3) is 0.611. The second kappa shape index (κ2) is 8.91. The van der Waals surface area contributed by atoms with E-state index in [2.05, 4.69) is 19.0 Å². The van der Waals surface area contributed by atoms with E-state index in [1.54, 1.807) is 0 Å². The Morgan fingerprint density at radius 1 is 1.09 bits per heavy atom. The molecule has 2 rings (SSSR count). The zero-order chi connectivity index (χ0) is 16.8. The summed E-state index contributed by atoms with van der Waals surface area (Å²) in [5, 5.41) is 0.197. The van der Waals surface area contributed by atoms with E-state index in [1.165, 1.54) is 0 Å². The number of carbonyl (C=O) groups excluding carboxylic acids is 1. The van der Waals surface area contributed by atoms with Gasteiger partial charge in [0, 0.05) is 29.4 Å². The van der Waals surface area contributed by atoms with Crippen molar-refractivity contribution < 1.29 is 4.79 Å². The van der Waals surface area contributed by atoms with E-state index in [-0.39, 0.29) is 17.3 Å². The molecule has 1 aliphatic carbocycles. The Balaban J connectivity index is 2.36. The van der Waals surface area contributed by atoms with Crippen LogP contribution >= 0.6 is 23.2 Å². The Bertz CT molecular complexity index is 495. The first kappa shape index (κ1) is 18.6. The molecule has 0 N–H and O–H groups in total. The van der Waals surface area contributed by atoms with Crippen molar-refractivity contribution in [1.82, 2.24) is 4.90 Å². The maximum absolute atomic E-state index is 12.8. The van der Waals surface area contributed by atoms with Gasteiger partial charge in [-0.1, -0.05) is 18.2 Å². The summed E-state index contributed by atoms with van der Waals surface area (Å²) in [6, 6.07) is 10.4. The van der Waals surface area contributed by atoms with Gasteiger partial charge in [-0.15, -0.1) is 23.2 Å². The van der Waals surface area contributed by atoms with Crippen LogP contribution in [-0.2, 0) is 4.79 Å². The van der Waals surface area contributed by atoms with Gasteiger partial charge < -0.3 is 9.80 Å². The average Bonchev–Trinajstić information content (AvgIpc) is 2.71. The Morgan fingerprint density at radius 2 is 1.70 bits per heavy atom. The third kappa shape index (κ3) is 4.85. The van der Waals surface area contributed by atoms with E-state index in [1.807, 2.05) is 35.2 Å². The van der Waals surface area contributed by atoms with Crippen LogP contribution in [0.15, 0.2) is 30.3 Å². The number of hydrogen-bond acceptors (Lipinski definition) is 2. The summed E-state index contributed by atoms with van der Waals surface area (Å²) in [5.41, 5.74) is 0.951. The smallest absolute Gasteiger partial charge is 0.228 e. The first-order valence-corrected chi connectivity index (χ1v) is 9.25. The molecule has 1 fully saturated rings. The monoisotopic (exact) mass is 356 g/mol. The number of halogens is 2. The highest BCUT2D eigenvalue weighted by atomic mass is 35.5. The normalized spacial score (nSPS) is 25.2. The summed E-state index contributed by atoms with van der Waals surface area (Å²) in [6.45, 7) is 0. The minimum atomic E-state index is 0.0936.